The highest BCUT2D eigenvalue weighted by Crippen LogP contribution is 2.10. The Bertz CT molecular complexity index is 472. The van der Waals surface area contributed by atoms with Crippen LogP contribution in [0.4, 0.5) is 0 Å². The second kappa shape index (κ2) is 6.87. The predicted octanol–water partition coefficient (Wildman–Crippen LogP) is 2.00. The van der Waals surface area contributed by atoms with Gasteiger partial charge in [0.15, 0.2) is 0 Å². The molecule has 0 radical (unpaired) electrons. The summed E-state index contributed by atoms with van der Waals surface area (Å²) in [6.07, 6.45) is 3.34. The molecule has 0 amide bonds. The van der Waals surface area contributed by atoms with Gasteiger partial charge in [-0.2, -0.15) is 0 Å². The zero-order valence-corrected chi connectivity index (χ0v) is 11.8. The van der Waals surface area contributed by atoms with Crippen LogP contribution < -0.4 is 10.5 Å². The lowest BCUT2D eigenvalue weighted by Crippen LogP contribution is -2.27. The molecule has 4 nitrogen and oxygen atoms in total. The maximum atomic E-state index is 11.2. The van der Waals surface area contributed by atoms with E-state index in [1.165, 1.54) is 6.07 Å². The van der Waals surface area contributed by atoms with Gasteiger partial charge in [-0.1, -0.05) is 32.4 Å². The fraction of sp³-hybridized carbons (Fsp3) is 0.538. The first kappa shape index (κ1) is 15.1. The van der Waals surface area contributed by atoms with Crippen molar-refractivity contribution in [3.05, 3.63) is 29.8 Å². The molecule has 0 aliphatic heterocycles. The predicted molar refractivity (Wildman–Crippen MR) is 73.6 cm³/mol. The van der Waals surface area contributed by atoms with Crippen molar-refractivity contribution in [2.45, 2.75) is 50.6 Å². The minimum Gasteiger partial charge on any atom is -0.310 e. The monoisotopic (exact) mass is 270 g/mol. The van der Waals surface area contributed by atoms with Crippen molar-refractivity contribution < 1.29 is 8.42 Å². The third-order valence-electron chi connectivity index (χ3n) is 2.95. The van der Waals surface area contributed by atoms with Gasteiger partial charge in [0.1, 0.15) is 0 Å². The van der Waals surface area contributed by atoms with Crippen molar-refractivity contribution in [1.82, 2.24) is 5.32 Å². The van der Waals surface area contributed by atoms with Crippen molar-refractivity contribution in [3.8, 4) is 0 Å². The van der Waals surface area contributed by atoms with E-state index in [0.29, 0.717) is 12.6 Å². The van der Waals surface area contributed by atoms with Crippen molar-refractivity contribution in [1.29, 1.82) is 0 Å². The molecule has 0 heterocycles. The Labute approximate surface area is 110 Å². The van der Waals surface area contributed by atoms with E-state index in [2.05, 4.69) is 19.2 Å². The van der Waals surface area contributed by atoms with E-state index < -0.39 is 10.0 Å². The Morgan fingerprint density at radius 2 is 2.06 bits per heavy atom. The topological polar surface area (TPSA) is 72.2 Å². The molecule has 5 heteroatoms. The molecule has 1 unspecified atom stereocenters. The van der Waals surface area contributed by atoms with Gasteiger partial charge in [0.2, 0.25) is 10.0 Å². The van der Waals surface area contributed by atoms with Crippen LogP contribution in [0.1, 0.15) is 38.7 Å². The fourth-order valence-electron chi connectivity index (χ4n) is 1.89. The van der Waals surface area contributed by atoms with E-state index in [1.807, 2.05) is 6.07 Å². The lowest BCUT2D eigenvalue weighted by atomic mass is 10.1. The van der Waals surface area contributed by atoms with Crippen LogP contribution in [-0.2, 0) is 16.6 Å². The summed E-state index contributed by atoms with van der Waals surface area (Å²) in [5.74, 6) is 0. The summed E-state index contributed by atoms with van der Waals surface area (Å²) < 4.78 is 22.5. The van der Waals surface area contributed by atoms with E-state index in [-0.39, 0.29) is 4.90 Å². The van der Waals surface area contributed by atoms with Gasteiger partial charge < -0.3 is 5.32 Å². The number of nitrogens with one attached hydrogen (secondary N) is 1. The summed E-state index contributed by atoms with van der Waals surface area (Å²) >= 11 is 0. The molecule has 0 saturated heterocycles. The van der Waals surface area contributed by atoms with Crippen LogP contribution in [0.3, 0.4) is 0 Å². The highest BCUT2D eigenvalue weighted by atomic mass is 32.2. The van der Waals surface area contributed by atoms with Crippen molar-refractivity contribution in [3.63, 3.8) is 0 Å². The molecule has 0 bridgehead atoms. The van der Waals surface area contributed by atoms with Gasteiger partial charge in [-0.3, -0.25) is 0 Å². The fourth-order valence-corrected chi connectivity index (χ4v) is 2.48. The van der Waals surface area contributed by atoms with Crippen LogP contribution in [0.15, 0.2) is 29.2 Å². The van der Waals surface area contributed by atoms with E-state index in [9.17, 15) is 8.42 Å². The molecule has 1 atom stereocenters. The molecule has 1 aromatic carbocycles. The Kier molecular flexibility index (Phi) is 5.78. The van der Waals surface area contributed by atoms with Crippen molar-refractivity contribution in [2.24, 2.45) is 5.14 Å². The number of nitrogens with two attached hydrogens (primary N) is 1. The zero-order chi connectivity index (χ0) is 13.6. The number of rotatable bonds is 7. The van der Waals surface area contributed by atoms with Gasteiger partial charge in [-0.25, -0.2) is 13.6 Å². The lowest BCUT2D eigenvalue weighted by Gasteiger charge is -2.16. The molecule has 3 N–H and O–H groups in total. The minimum absolute atomic E-state index is 0.172. The molecule has 0 aliphatic carbocycles. The van der Waals surface area contributed by atoms with E-state index in [4.69, 9.17) is 5.14 Å². The Hall–Kier alpha value is -0.910. The first-order chi connectivity index (χ1) is 8.47. The number of primary sulfonamides is 1. The Morgan fingerprint density at radius 1 is 1.33 bits per heavy atom. The van der Waals surface area contributed by atoms with Crippen LogP contribution in [0.5, 0.6) is 0 Å². The van der Waals surface area contributed by atoms with E-state index in [0.717, 1.165) is 24.8 Å². The molecule has 0 saturated carbocycles. The molecule has 0 aliphatic rings. The summed E-state index contributed by atoms with van der Waals surface area (Å²) in [5, 5.41) is 8.54. The summed E-state index contributed by atoms with van der Waals surface area (Å²) in [4.78, 5) is 0.172. The molecule has 0 aromatic heterocycles. The van der Waals surface area contributed by atoms with Crippen molar-refractivity contribution in [2.75, 3.05) is 0 Å². The summed E-state index contributed by atoms with van der Waals surface area (Å²) in [6.45, 7) is 4.97. The summed E-state index contributed by atoms with van der Waals surface area (Å²) in [6, 6.07) is 7.24. The summed E-state index contributed by atoms with van der Waals surface area (Å²) in [7, 11) is -3.61. The third-order valence-corrected chi connectivity index (χ3v) is 3.86. The molecular weight excluding hydrogens is 248 g/mol. The van der Waals surface area contributed by atoms with Crippen LogP contribution in [0, 0.1) is 0 Å². The number of hydrogen-bond acceptors (Lipinski definition) is 3. The SMILES string of the molecule is CCCC(CC)NCc1cccc(S(N)(=O)=O)c1. The van der Waals surface area contributed by atoms with Gasteiger partial charge >= 0.3 is 0 Å². The molecule has 0 fully saturated rings. The van der Waals surface area contributed by atoms with Gasteiger partial charge in [0, 0.05) is 12.6 Å². The van der Waals surface area contributed by atoms with Crippen LogP contribution in [0.25, 0.3) is 0 Å². The standard InChI is InChI=1S/C13H22N2O2S/c1-3-6-12(4-2)15-10-11-7-5-8-13(9-11)18(14,16)17/h5,7-9,12,15H,3-4,6,10H2,1-2H3,(H2,14,16,17). The Morgan fingerprint density at radius 3 is 2.61 bits per heavy atom. The van der Waals surface area contributed by atoms with E-state index >= 15 is 0 Å². The third kappa shape index (κ3) is 4.76. The normalized spacial score (nSPS) is 13.5. The molecular formula is C13H22N2O2S. The highest BCUT2D eigenvalue weighted by Gasteiger charge is 2.09. The molecule has 1 aromatic rings. The first-order valence-corrected chi connectivity index (χ1v) is 7.87. The smallest absolute Gasteiger partial charge is 0.238 e. The number of hydrogen-bond donors (Lipinski definition) is 2. The van der Waals surface area contributed by atoms with Crippen LogP contribution in [0.2, 0.25) is 0 Å². The second-order valence-corrected chi connectivity index (χ2v) is 6.03. The molecule has 0 spiro atoms. The van der Waals surface area contributed by atoms with Gasteiger partial charge in [0.05, 0.1) is 4.90 Å². The van der Waals surface area contributed by atoms with Crippen LogP contribution in [-0.4, -0.2) is 14.5 Å². The Balaban J connectivity index is 2.68. The van der Waals surface area contributed by atoms with Gasteiger partial charge in [-0.15, -0.1) is 0 Å². The van der Waals surface area contributed by atoms with Crippen molar-refractivity contribution >= 4 is 10.0 Å². The molecule has 102 valence electrons. The van der Waals surface area contributed by atoms with E-state index in [1.54, 1.807) is 12.1 Å². The van der Waals surface area contributed by atoms with Gasteiger partial charge in [-0.05, 0) is 30.5 Å². The minimum atomic E-state index is -3.61. The quantitative estimate of drug-likeness (QED) is 0.796. The first-order valence-electron chi connectivity index (χ1n) is 6.32. The largest absolute Gasteiger partial charge is 0.310 e. The van der Waals surface area contributed by atoms with Gasteiger partial charge in [0.25, 0.3) is 0 Å². The number of benzene rings is 1. The van der Waals surface area contributed by atoms with Crippen LogP contribution >= 0.6 is 0 Å². The number of sulfonamides is 1. The maximum Gasteiger partial charge on any atom is 0.238 e. The summed E-state index contributed by atoms with van der Waals surface area (Å²) in [5.41, 5.74) is 0.941. The molecule has 1 rings (SSSR count). The maximum absolute atomic E-state index is 11.2. The second-order valence-electron chi connectivity index (χ2n) is 4.47. The molecule has 18 heavy (non-hydrogen) atoms. The average Bonchev–Trinajstić information content (AvgIpc) is 2.34. The highest BCUT2D eigenvalue weighted by molar-refractivity contribution is 7.89. The average molecular weight is 270 g/mol. The zero-order valence-electron chi connectivity index (χ0n) is 11.0. The lowest BCUT2D eigenvalue weighted by molar-refractivity contribution is 0.462.